The van der Waals surface area contributed by atoms with Crippen molar-refractivity contribution in [2.45, 2.75) is 33.3 Å². The number of thiophene rings is 1. The first-order valence-electron chi connectivity index (χ1n) is 7.88. The highest BCUT2D eigenvalue weighted by Gasteiger charge is 2.10. The normalized spacial score (nSPS) is 13.1. The number of guanidine groups is 1. The summed E-state index contributed by atoms with van der Waals surface area (Å²) in [7, 11) is 0. The minimum absolute atomic E-state index is 0.293. The van der Waals surface area contributed by atoms with Crippen LogP contribution in [0.15, 0.2) is 17.1 Å². The van der Waals surface area contributed by atoms with Crippen LogP contribution in [0.3, 0.4) is 0 Å². The molecule has 0 amide bonds. The molecule has 0 radical (unpaired) electrons. The minimum atomic E-state index is -0.637. The van der Waals surface area contributed by atoms with Gasteiger partial charge in [-0.1, -0.05) is 11.6 Å². The van der Waals surface area contributed by atoms with E-state index in [1.54, 1.807) is 17.4 Å². The van der Waals surface area contributed by atoms with E-state index < -0.39 is 6.10 Å². The second-order valence-corrected chi connectivity index (χ2v) is 8.34. The molecule has 1 atom stereocenters. The molecule has 0 aromatic carbocycles. The SMILES string of the molecule is CCNC(=NCC(O)c1ccc(Cl)s1)NCCc1nc(C)c(C)s1. The van der Waals surface area contributed by atoms with Crippen LogP contribution in [0.4, 0.5) is 0 Å². The Hall–Kier alpha value is -1.15. The van der Waals surface area contributed by atoms with Gasteiger partial charge in [-0.3, -0.25) is 4.99 Å². The Kier molecular flexibility index (Phi) is 7.48. The lowest BCUT2D eigenvalue weighted by Gasteiger charge is -2.12. The van der Waals surface area contributed by atoms with Gasteiger partial charge in [-0.15, -0.1) is 22.7 Å². The Labute approximate surface area is 155 Å². The molecular formula is C16H23ClN4OS2. The van der Waals surface area contributed by atoms with Crippen molar-refractivity contribution in [3.8, 4) is 0 Å². The van der Waals surface area contributed by atoms with Gasteiger partial charge < -0.3 is 15.7 Å². The zero-order valence-electron chi connectivity index (χ0n) is 14.1. The summed E-state index contributed by atoms with van der Waals surface area (Å²) in [5.74, 6) is 0.698. The molecule has 0 aliphatic heterocycles. The number of aryl methyl sites for hydroxylation is 2. The van der Waals surface area contributed by atoms with E-state index in [1.807, 2.05) is 19.9 Å². The van der Waals surface area contributed by atoms with Crippen molar-refractivity contribution in [2.24, 2.45) is 4.99 Å². The maximum absolute atomic E-state index is 10.2. The fourth-order valence-corrected chi connectivity index (χ4v) is 4.02. The van der Waals surface area contributed by atoms with Gasteiger partial charge in [0.2, 0.25) is 0 Å². The predicted octanol–water partition coefficient (Wildman–Crippen LogP) is 3.31. The van der Waals surface area contributed by atoms with E-state index in [0.717, 1.165) is 35.1 Å². The summed E-state index contributed by atoms with van der Waals surface area (Å²) < 4.78 is 0.673. The van der Waals surface area contributed by atoms with E-state index in [0.29, 0.717) is 16.8 Å². The van der Waals surface area contributed by atoms with Crippen molar-refractivity contribution in [3.63, 3.8) is 0 Å². The Morgan fingerprint density at radius 2 is 2.12 bits per heavy atom. The second-order valence-electron chi connectivity index (χ2n) is 5.30. The molecule has 8 heteroatoms. The average molecular weight is 387 g/mol. The number of aromatic nitrogens is 1. The van der Waals surface area contributed by atoms with Crippen LogP contribution < -0.4 is 10.6 Å². The van der Waals surface area contributed by atoms with E-state index in [1.165, 1.54) is 16.2 Å². The average Bonchev–Trinajstić information content (AvgIpc) is 3.11. The smallest absolute Gasteiger partial charge is 0.191 e. The highest BCUT2D eigenvalue weighted by atomic mass is 35.5. The molecule has 0 saturated heterocycles. The number of nitrogens with one attached hydrogen (secondary N) is 2. The maximum Gasteiger partial charge on any atom is 0.191 e. The summed E-state index contributed by atoms with van der Waals surface area (Å²) in [5, 5.41) is 17.8. The van der Waals surface area contributed by atoms with Crippen molar-refractivity contribution in [2.75, 3.05) is 19.6 Å². The molecule has 132 valence electrons. The van der Waals surface area contributed by atoms with Crippen LogP contribution in [0.5, 0.6) is 0 Å². The Bertz CT molecular complexity index is 664. The highest BCUT2D eigenvalue weighted by Crippen LogP contribution is 2.26. The predicted molar refractivity (Wildman–Crippen MR) is 104 cm³/mol. The molecular weight excluding hydrogens is 364 g/mol. The molecule has 0 fully saturated rings. The summed E-state index contributed by atoms with van der Waals surface area (Å²) in [6.45, 7) is 7.95. The standard InChI is InChI=1S/C16H23ClN4OS2/c1-4-18-16(19-8-7-15-21-10(2)11(3)23-15)20-9-12(22)13-5-6-14(17)24-13/h5-6,12,22H,4,7-9H2,1-3H3,(H2,18,19,20). The Morgan fingerprint density at radius 1 is 1.33 bits per heavy atom. The first-order chi connectivity index (χ1) is 11.5. The number of nitrogens with zero attached hydrogens (tertiary/aromatic N) is 2. The zero-order valence-corrected chi connectivity index (χ0v) is 16.5. The molecule has 0 aliphatic rings. The van der Waals surface area contributed by atoms with Crippen molar-refractivity contribution in [1.29, 1.82) is 0 Å². The van der Waals surface area contributed by atoms with Crippen LogP contribution in [0, 0.1) is 13.8 Å². The van der Waals surface area contributed by atoms with Gasteiger partial charge in [0.15, 0.2) is 5.96 Å². The molecule has 5 nitrogen and oxygen atoms in total. The molecule has 3 N–H and O–H groups in total. The lowest BCUT2D eigenvalue weighted by molar-refractivity contribution is 0.191. The van der Waals surface area contributed by atoms with Crippen LogP contribution >= 0.6 is 34.3 Å². The first-order valence-corrected chi connectivity index (χ1v) is 9.89. The molecule has 2 aromatic heterocycles. The summed E-state index contributed by atoms with van der Waals surface area (Å²) in [6, 6.07) is 3.62. The third-order valence-electron chi connectivity index (χ3n) is 3.39. The van der Waals surface area contributed by atoms with E-state index in [9.17, 15) is 5.11 Å². The summed E-state index contributed by atoms with van der Waals surface area (Å²) in [6.07, 6.45) is 0.217. The van der Waals surface area contributed by atoms with Crippen LogP contribution in [-0.4, -0.2) is 35.7 Å². The highest BCUT2D eigenvalue weighted by molar-refractivity contribution is 7.16. The molecule has 0 aliphatic carbocycles. The third kappa shape index (κ3) is 5.73. The van der Waals surface area contributed by atoms with Gasteiger partial charge in [0.25, 0.3) is 0 Å². The van der Waals surface area contributed by atoms with Crippen LogP contribution in [0.2, 0.25) is 4.34 Å². The van der Waals surface area contributed by atoms with E-state index in [-0.39, 0.29) is 0 Å². The Balaban J connectivity index is 1.85. The molecule has 2 aromatic rings. The third-order valence-corrected chi connectivity index (χ3v) is 5.86. The van der Waals surface area contributed by atoms with E-state index in [4.69, 9.17) is 11.6 Å². The number of hydrogen-bond donors (Lipinski definition) is 3. The lowest BCUT2D eigenvalue weighted by atomic mass is 10.3. The van der Waals surface area contributed by atoms with Crippen LogP contribution in [-0.2, 0) is 6.42 Å². The number of aliphatic hydroxyl groups excluding tert-OH is 1. The topological polar surface area (TPSA) is 69.5 Å². The Morgan fingerprint density at radius 3 is 2.71 bits per heavy atom. The number of halogens is 1. The summed E-state index contributed by atoms with van der Waals surface area (Å²) >= 11 is 9.01. The fraction of sp³-hybridized carbons (Fsp3) is 0.500. The van der Waals surface area contributed by atoms with Crippen molar-refractivity contribution < 1.29 is 5.11 Å². The van der Waals surface area contributed by atoms with E-state index in [2.05, 4.69) is 27.5 Å². The van der Waals surface area contributed by atoms with Crippen molar-refractivity contribution >= 4 is 40.2 Å². The minimum Gasteiger partial charge on any atom is -0.386 e. The summed E-state index contributed by atoms with van der Waals surface area (Å²) in [5.41, 5.74) is 1.10. The van der Waals surface area contributed by atoms with Crippen molar-refractivity contribution in [3.05, 3.63) is 36.9 Å². The van der Waals surface area contributed by atoms with Gasteiger partial charge in [-0.2, -0.15) is 0 Å². The van der Waals surface area contributed by atoms with Crippen molar-refractivity contribution in [1.82, 2.24) is 15.6 Å². The zero-order chi connectivity index (χ0) is 17.5. The number of thiazole rings is 1. The molecule has 1 unspecified atom stereocenters. The molecule has 0 spiro atoms. The second kappa shape index (κ2) is 9.36. The number of aliphatic hydroxyl groups is 1. The first kappa shape index (κ1) is 19.2. The van der Waals surface area contributed by atoms with Gasteiger partial charge in [0.1, 0.15) is 6.10 Å². The van der Waals surface area contributed by atoms with Gasteiger partial charge in [-0.25, -0.2) is 4.98 Å². The molecule has 0 bridgehead atoms. The number of rotatable bonds is 7. The fourth-order valence-electron chi connectivity index (χ4n) is 2.05. The van der Waals surface area contributed by atoms with Gasteiger partial charge in [0, 0.05) is 29.3 Å². The maximum atomic E-state index is 10.2. The van der Waals surface area contributed by atoms with Gasteiger partial charge in [-0.05, 0) is 32.9 Å². The molecule has 0 saturated carbocycles. The molecule has 2 heterocycles. The van der Waals surface area contributed by atoms with E-state index >= 15 is 0 Å². The number of aliphatic imine (C=N–C) groups is 1. The van der Waals surface area contributed by atoms with Crippen LogP contribution in [0.1, 0.15) is 33.5 Å². The quantitative estimate of drug-likeness (QED) is 0.504. The van der Waals surface area contributed by atoms with Gasteiger partial charge >= 0.3 is 0 Å². The largest absolute Gasteiger partial charge is 0.386 e. The molecule has 2 rings (SSSR count). The lowest BCUT2D eigenvalue weighted by Crippen LogP contribution is -2.38. The number of hydrogen-bond acceptors (Lipinski definition) is 5. The monoisotopic (exact) mass is 386 g/mol. The van der Waals surface area contributed by atoms with Crippen LogP contribution in [0.25, 0.3) is 0 Å². The molecule has 24 heavy (non-hydrogen) atoms. The summed E-state index contributed by atoms with van der Waals surface area (Å²) in [4.78, 5) is 11.1. The van der Waals surface area contributed by atoms with Gasteiger partial charge in [0.05, 0.1) is 21.6 Å².